The van der Waals surface area contributed by atoms with E-state index in [1.807, 2.05) is 36.4 Å². The van der Waals surface area contributed by atoms with Crippen LogP contribution in [0.5, 0.6) is 0 Å². The Balaban J connectivity index is 2.92. The molecule has 0 N–H and O–H groups in total. The molecule has 2 aromatic rings. The van der Waals surface area contributed by atoms with Gasteiger partial charge < -0.3 is 0 Å². The van der Waals surface area contributed by atoms with Crippen LogP contribution in [0.4, 0.5) is 0 Å². The van der Waals surface area contributed by atoms with Gasteiger partial charge in [0.2, 0.25) is 0 Å². The van der Waals surface area contributed by atoms with Gasteiger partial charge in [-0.25, -0.2) is 0 Å². The van der Waals surface area contributed by atoms with E-state index in [2.05, 4.69) is 0 Å². The summed E-state index contributed by atoms with van der Waals surface area (Å²) >= 11 is -2.00. The van der Waals surface area contributed by atoms with Gasteiger partial charge in [-0.3, -0.25) is 0 Å². The zero-order chi connectivity index (χ0) is 11.7. The van der Waals surface area contributed by atoms with E-state index in [1.54, 1.807) is 12.1 Å². The summed E-state index contributed by atoms with van der Waals surface area (Å²) in [5, 5.41) is 1.92. The van der Waals surface area contributed by atoms with E-state index in [0.29, 0.717) is 0 Å². The van der Waals surface area contributed by atoms with Gasteiger partial charge in [0.25, 0.3) is 0 Å². The molecule has 84 valence electrons. The fourth-order valence-electron chi connectivity index (χ4n) is 1.75. The second-order valence-corrected chi connectivity index (χ2v) is 7.70. The van der Waals surface area contributed by atoms with Crippen LogP contribution in [0, 0.1) is 0 Å². The molecule has 0 aliphatic carbocycles. The minimum absolute atomic E-state index is 0.777. The van der Waals surface area contributed by atoms with Crippen LogP contribution in [0.1, 0.15) is 0 Å². The zero-order valence-electron chi connectivity index (χ0n) is 9.10. The van der Waals surface area contributed by atoms with Gasteiger partial charge in [-0.15, -0.1) is 0 Å². The predicted molar refractivity (Wildman–Crippen MR) is 68.2 cm³/mol. The van der Waals surface area contributed by atoms with Crippen LogP contribution in [-0.4, -0.2) is 24.3 Å². The standard InChI is InChI=1S/C12H12O2SSe/c1-15(13)10-7-3-5-9-6-4-8-11(12(9)10)16(2)14/h3-8H,1-2H3. The summed E-state index contributed by atoms with van der Waals surface area (Å²) in [6.07, 6.45) is 1.65. The first kappa shape index (κ1) is 11.6. The molecular weight excluding hydrogens is 287 g/mol. The third-order valence-corrected chi connectivity index (χ3v) is 5.42. The first-order valence-electron chi connectivity index (χ1n) is 4.80. The van der Waals surface area contributed by atoms with Crippen molar-refractivity contribution >= 4 is 39.9 Å². The Morgan fingerprint density at radius 2 is 1.75 bits per heavy atom. The molecule has 0 aromatic heterocycles. The summed E-state index contributed by atoms with van der Waals surface area (Å²) < 4.78 is 24.3. The van der Waals surface area contributed by atoms with Crippen LogP contribution in [-0.2, 0) is 14.6 Å². The Morgan fingerprint density at radius 3 is 2.31 bits per heavy atom. The van der Waals surface area contributed by atoms with E-state index < -0.39 is 24.6 Å². The molecule has 4 heteroatoms. The maximum atomic E-state index is 11.7. The van der Waals surface area contributed by atoms with Crippen molar-refractivity contribution < 1.29 is 8.04 Å². The van der Waals surface area contributed by atoms with Crippen molar-refractivity contribution in [1.82, 2.24) is 0 Å². The van der Waals surface area contributed by atoms with Crippen molar-refractivity contribution in [2.24, 2.45) is 0 Å². The average molecular weight is 299 g/mol. The molecule has 2 rings (SSSR count). The summed E-state index contributed by atoms with van der Waals surface area (Å²) in [7, 11) is -1.05. The second kappa shape index (κ2) is 4.58. The molecule has 16 heavy (non-hydrogen) atoms. The minimum atomic E-state index is -2.00. The van der Waals surface area contributed by atoms with E-state index in [9.17, 15) is 8.04 Å². The first-order valence-corrected chi connectivity index (χ1v) is 9.62. The van der Waals surface area contributed by atoms with E-state index in [1.165, 1.54) is 0 Å². The van der Waals surface area contributed by atoms with Crippen molar-refractivity contribution in [3.63, 3.8) is 0 Å². The van der Waals surface area contributed by atoms with E-state index in [4.69, 9.17) is 0 Å². The molecule has 0 spiro atoms. The van der Waals surface area contributed by atoms with Crippen LogP contribution in [0.25, 0.3) is 10.8 Å². The van der Waals surface area contributed by atoms with Crippen molar-refractivity contribution in [3.8, 4) is 0 Å². The summed E-state index contributed by atoms with van der Waals surface area (Å²) in [4.78, 5) is 0.777. The molecule has 0 bridgehead atoms. The molecule has 2 aromatic carbocycles. The van der Waals surface area contributed by atoms with E-state index >= 15 is 0 Å². The van der Waals surface area contributed by atoms with Crippen LogP contribution in [0.15, 0.2) is 41.3 Å². The molecule has 0 aliphatic rings. The molecule has 0 heterocycles. The van der Waals surface area contributed by atoms with Crippen LogP contribution in [0.2, 0.25) is 5.82 Å². The normalized spacial score (nSPS) is 14.9. The maximum absolute atomic E-state index is 11.7. The molecule has 2 atom stereocenters. The molecule has 0 fully saturated rings. The molecule has 0 radical (unpaired) electrons. The van der Waals surface area contributed by atoms with Gasteiger partial charge in [-0.05, 0) is 0 Å². The van der Waals surface area contributed by atoms with Crippen molar-refractivity contribution in [1.29, 1.82) is 0 Å². The summed E-state index contributed by atoms with van der Waals surface area (Å²) in [5.41, 5.74) is 0. The molecule has 2 nitrogen and oxygen atoms in total. The van der Waals surface area contributed by atoms with Gasteiger partial charge in [0.1, 0.15) is 0 Å². The van der Waals surface area contributed by atoms with Crippen LogP contribution in [0.3, 0.4) is 0 Å². The van der Waals surface area contributed by atoms with Crippen molar-refractivity contribution in [2.75, 3.05) is 6.26 Å². The Kier molecular flexibility index (Phi) is 3.33. The number of rotatable bonds is 2. The average Bonchev–Trinajstić information content (AvgIpc) is 2.27. The Labute approximate surface area is 101 Å². The zero-order valence-corrected chi connectivity index (χ0v) is 11.6. The predicted octanol–water partition coefficient (Wildman–Crippen LogP) is 1.84. The fraction of sp³-hybridized carbons (Fsp3) is 0.167. The molecule has 0 aliphatic heterocycles. The van der Waals surface area contributed by atoms with Gasteiger partial charge in [0, 0.05) is 0 Å². The molecule has 0 amide bonds. The first-order chi connectivity index (χ1) is 7.61. The van der Waals surface area contributed by atoms with E-state index in [0.717, 1.165) is 20.1 Å². The van der Waals surface area contributed by atoms with Gasteiger partial charge in [-0.2, -0.15) is 0 Å². The number of fused-ring (bicyclic) bond motifs is 1. The second-order valence-electron chi connectivity index (χ2n) is 3.52. The third-order valence-electron chi connectivity index (χ3n) is 2.45. The number of hydrogen-bond donors (Lipinski definition) is 0. The van der Waals surface area contributed by atoms with Crippen molar-refractivity contribution in [2.45, 2.75) is 10.7 Å². The van der Waals surface area contributed by atoms with Gasteiger partial charge in [-0.1, -0.05) is 0 Å². The Morgan fingerprint density at radius 1 is 1.12 bits per heavy atom. The molecule has 0 saturated carbocycles. The Bertz CT molecular complexity index is 544. The molecular formula is C12H12O2SSe. The summed E-state index contributed by atoms with van der Waals surface area (Å²) in [6, 6.07) is 11.4. The molecule has 2 unspecified atom stereocenters. The fourth-order valence-corrected chi connectivity index (χ4v) is 4.33. The number of hydrogen-bond acceptors (Lipinski definition) is 2. The summed E-state index contributed by atoms with van der Waals surface area (Å²) in [5.74, 6) is 1.74. The van der Waals surface area contributed by atoms with Gasteiger partial charge in [0.05, 0.1) is 0 Å². The van der Waals surface area contributed by atoms with Gasteiger partial charge >= 0.3 is 101 Å². The number of benzene rings is 2. The molecule has 0 saturated heterocycles. The Hall–Kier alpha value is -0.831. The van der Waals surface area contributed by atoms with Crippen LogP contribution >= 0.6 is 0 Å². The van der Waals surface area contributed by atoms with Gasteiger partial charge in [0.15, 0.2) is 0 Å². The third kappa shape index (κ3) is 2.01. The SMILES string of the molecule is CS(=O)c1cccc2cccc([Se](C)=O)c12. The van der Waals surface area contributed by atoms with Crippen LogP contribution < -0.4 is 4.46 Å². The van der Waals surface area contributed by atoms with E-state index in [-0.39, 0.29) is 0 Å². The monoisotopic (exact) mass is 300 g/mol. The summed E-state index contributed by atoms with van der Waals surface area (Å²) in [6.45, 7) is 0. The van der Waals surface area contributed by atoms with Crippen molar-refractivity contribution in [3.05, 3.63) is 36.4 Å². The topological polar surface area (TPSA) is 34.1 Å². The quantitative estimate of drug-likeness (QED) is 0.793.